The molecule has 0 amide bonds. The van der Waals surface area contributed by atoms with Gasteiger partial charge < -0.3 is 15.4 Å². The monoisotopic (exact) mass is 208 g/mol. The Labute approximate surface area is 89.3 Å². The molecule has 1 aromatic rings. The number of methoxy groups -OCH3 is 1. The topological polar surface area (TPSA) is 64.3 Å². The van der Waals surface area contributed by atoms with Crippen molar-refractivity contribution in [1.82, 2.24) is 9.97 Å². The summed E-state index contributed by atoms with van der Waals surface area (Å²) < 4.78 is 5.03. The molecule has 1 fully saturated rings. The van der Waals surface area contributed by atoms with Crippen molar-refractivity contribution in [3.63, 3.8) is 0 Å². The average molecular weight is 208 g/mol. The van der Waals surface area contributed by atoms with Gasteiger partial charge in [0.15, 0.2) is 0 Å². The van der Waals surface area contributed by atoms with Gasteiger partial charge in [-0.3, -0.25) is 0 Å². The van der Waals surface area contributed by atoms with Crippen molar-refractivity contribution in [3.8, 4) is 0 Å². The summed E-state index contributed by atoms with van der Waals surface area (Å²) in [5, 5.41) is 0. The number of nitrogens with zero attached hydrogens (tertiary/aromatic N) is 3. The first-order valence-corrected chi connectivity index (χ1v) is 5.10. The normalized spacial score (nSPS) is 20.9. The second-order valence-electron chi connectivity index (χ2n) is 3.80. The number of hydrogen-bond donors (Lipinski definition) is 1. The van der Waals surface area contributed by atoms with E-state index in [1.807, 2.05) is 6.07 Å². The summed E-state index contributed by atoms with van der Waals surface area (Å²) in [7, 11) is 1.66. The van der Waals surface area contributed by atoms with Gasteiger partial charge in [0.25, 0.3) is 0 Å². The lowest BCUT2D eigenvalue weighted by Crippen LogP contribution is -2.27. The number of hydrogen-bond acceptors (Lipinski definition) is 5. The molecule has 5 heteroatoms. The molecule has 1 atom stereocenters. The van der Waals surface area contributed by atoms with Gasteiger partial charge in [-0.1, -0.05) is 0 Å². The zero-order valence-electron chi connectivity index (χ0n) is 8.89. The van der Waals surface area contributed by atoms with E-state index in [0.29, 0.717) is 6.61 Å². The quantitative estimate of drug-likeness (QED) is 0.766. The molecule has 0 aliphatic carbocycles. The van der Waals surface area contributed by atoms with Crippen LogP contribution in [0.4, 0.5) is 5.82 Å². The van der Waals surface area contributed by atoms with Gasteiger partial charge in [0.2, 0.25) is 0 Å². The molecule has 1 saturated heterocycles. The lowest BCUT2D eigenvalue weighted by atomic mass is 10.3. The Morgan fingerprint density at radius 2 is 2.47 bits per heavy atom. The molecule has 0 radical (unpaired) electrons. The van der Waals surface area contributed by atoms with E-state index < -0.39 is 0 Å². The van der Waals surface area contributed by atoms with Crippen LogP contribution in [0.1, 0.15) is 12.1 Å². The standard InChI is InChI=1S/C10H16N4O/c1-15-6-9-4-10(13-7-12-9)14-3-2-8(11)5-14/h4,7-8H,2-3,5-6,11H2,1H3. The third kappa shape index (κ3) is 2.43. The maximum Gasteiger partial charge on any atom is 0.132 e. The Morgan fingerprint density at radius 3 is 3.13 bits per heavy atom. The number of rotatable bonds is 3. The highest BCUT2D eigenvalue weighted by molar-refractivity contribution is 5.40. The van der Waals surface area contributed by atoms with Crippen LogP contribution in [-0.2, 0) is 11.3 Å². The number of aromatic nitrogens is 2. The zero-order chi connectivity index (χ0) is 10.7. The molecule has 5 nitrogen and oxygen atoms in total. The molecule has 2 heterocycles. The molecule has 1 aromatic heterocycles. The smallest absolute Gasteiger partial charge is 0.132 e. The maximum atomic E-state index is 5.85. The van der Waals surface area contributed by atoms with Crippen LogP contribution < -0.4 is 10.6 Å². The number of ether oxygens (including phenoxy) is 1. The van der Waals surface area contributed by atoms with E-state index in [-0.39, 0.29) is 6.04 Å². The van der Waals surface area contributed by atoms with Crippen molar-refractivity contribution in [1.29, 1.82) is 0 Å². The fourth-order valence-electron chi connectivity index (χ4n) is 1.78. The van der Waals surface area contributed by atoms with Gasteiger partial charge in [-0.05, 0) is 6.42 Å². The Balaban J connectivity index is 2.10. The lowest BCUT2D eigenvalue weighted by Gasteiger charge is -2.16. The zero-order valence-corrected chi connectivity index (χ0v) is 8.89. The minimum absolute atomic E-state index is 0.269. The van der Waals surface area contributed by atoms with Crippen LogP contribution in [0.15, 0.2) is 12.4 Å². The van der Waals surface area contributed by atoms with Crippen LogP contribution in [0, 0.1) is 0 Å². The molecule has 1 unspecified atom stereocenters. The van der Waals surface area contributed by atoms with E-state index in [1.54, 1.807) is 13.4 Å². The third-order valence-corrected chi connectivity index (χ3v) is 2.55. The third-order valence-electron chi connectivity index (χ3n) is 2.55. The van der Waals surface area contributed by atoms with E-state index in [1.165, 1.54) is 0 Å². The summed E-state index contributed by atoms with van der Waals surface area (Å²) in [4.78, 5) is 10.6. The molecule has 15 heavy (non-hydrogen) atoms. The lowest BCUT2D eigenvalue weighted by molar-refractivity contribution is 0.181. The van der Waals surface area contributed by atoms with E-state index in [0.717, 1.165) is 31.0 Å². The average Bonchev–Trinajstić information content (AvgIpc) is 2.66. The van der Waals surface area contributed by atoms with Gasteiger partial charge in [-0.25, -0.2) is 9.97 Å². The Bertz CT molecular complexity index is 331. The van der Waals surface area contributed by atoms with Gasteiger partial charge in [0, 0.05) is 32.3 Å². The van der Waals surface area contributed by atoms with Crippen LogP contribution in [0.2, 0.25) is 0 Å². The fourth-order valence-corrected chi connectivity index (χ4v) is 1.78. The molecule has 2 rings (SSSR count). The highest BCUT2D eigenvalue weighted by Crippen LogP contribution is 2.17. The first-order chi connectivity index (χ1) is 7.29. The largest absolute Gasteiger partial charge is 0.378 e. The summed E-state index contributed by atoms with van der Waals surface area (Å²) in [6.07, 6.45) is 2.61. The first kappa shape index (κ1) is 10.3. The van der Waals surface area contributed by atoms with Gasteiger partial charge in [-0.15, -0.1) is 0 Å². The summed E-state index contributed by atoms with van der Waals surface area (Å²) in [5.41, 5.74) is 6.75. The van der Waals surface area contributed by atoms with Crippen molar-refractivity contribution < 1.29 is 4.74 Å². The van der Waals surface area contributed by atoms with E-state index in [4.69, 9.17) is 10.5 Å². The Morgan fingerprint density at radius 1 is 1.60 bits per heavy atom. The predicted molar refractivity (Wildman–Crippen MR) is 57.6 cm³/mol. The van der Waals surface area contributed by atoms with Crippen LogP contribution in [0.3, 0.4) is 0 Å². The summed E-state index contributed by atoms with van der Waals surface area (Å²) in [6, 6.07) is 2.23. The van der Waals surface area contributed by atoms with Crippen molar-refractivity contribution in [2.45, 2.75) is 19.1 Å². The van der Waals surface area contributed by atoms with Gasteiger partial charge in [-0.2, -0.15) is 0 Å². The molecular weight excluding hydrogens is 192 g/mol. The fraction of sp³-hybridized carbons (Fsp3) is 0.600. The van der Waals surface area contributed by atoms with Crippen molar-refractivity contribution in [2.24, 2.45) is 5.73 Å². The first-order valence-electron chi connectivity index (χ1n) is 5.10. The highest BCUT2D eigenvalue weighted by atomic mass is 16.5. The summed E-state index contributed by atoms with van der Waals surface area (Å²) in [6.45, 7) is 2.38. The maximum absolute atomic E-state index is 5.85. The predicted octanol–water partition coefficient (Wildman–Crippen LogP) is 0.160. The molecule has 2 N–H and O–H groups in total. The molecule has 1 aliphatic rings. The Hall–Kier alpha value is -1.20. The molecule has 0 aromatic carbocycles. The minimum Gasteiger partial charge on any atom is -0.378 e. The van der Waals surface area contributed by atoms with Crippen LogP contribution >= 0.6 is 0 Å². The van der Waals surface area contributed by atoms with Gasteiger partial charge in [0.05, 0.1) is 12.3 Å². The summed E-state index contributed by atoms with van der Waals surface area (Å²) in [5.74, 6) is 0.949. The highest BCUT2D eigenvalue weighted by Gasteiger charge is 2.20. The van der Waals surface area contributed by atoms with Gasteiger partial charge in [0.1, 0.15) is 12.1 Å². The molecule has 0 saturated carbocycles. The van der Waals surface area contributed by atoms with Gasteiger partial charge >= 0.3 is 0 Å². The molecule has 1 aliphatic heterocycles. The van der Waals surface area contributed by atoms with E-state index in [9.17, 15) is 0 Å². The van der Waals surface area contributed by atoms with E-state index >= 15 is 0 Å². The van der Waals surface area contributed by atoms with Crippen molar-refractivity contribution >= 4 is 5.82 Å². The number of nitrogens with two attached hydrogens (primary N) is 1. The minimum atomic E-state index is 0.269. The molecule has 82 valence electrons. The molecular formula is C10H16N4O. The molecule has 0 bridgehead atoms. The van der Waals surface area contributed by atoms with Crippen LogP contribution in [-0.4, -0.2) is 36.2 Å². The summed E-state index contributed by atoms with van der Waals surface area (Å²) >= 11 is 0. The van der Waals surface area contributed by atoms with E-state index in [2.05, 4.69) is 14.9 Å². The van der Waals surface area contributed by atoms with Crippen molar-refractivity contribution in [3.05, 3.63) is 18.1 Å². The Kier molecular flexibility index (Phi) is 3.13. The van der Waals surface area contributed by atoms with Crippen molar-refractivity contribution in [2.75, 3.05) is 25.1 Å². The molecule has 0 spiro atoms. The number of anilines is 1. The second-order valence-corrected chi connectivity index (χ2v) is 3.80. The SMILES string of the molecule is COCc1cc(N2CCC(N)C2)ncn1. The second kappa shape index (κ2) is 4.55. The van der Waals surface area contributed by atoms with Crippen LogP contribution in [0.5, 0.6) is 0 Å². The van der Waals surface area contributed by atoms with Crippen LogP contribution in [0.25, 0.3) is 0 Å².